The minimum absolute atomic E-state index is 0.0847. The summed E-state index contributed by atoms with van der Waals surface area (Å²) in [6.07, 6.45) is 1.68. The van der Waals surface area contributed by atoms with Crippen LogP contribution in [0.4, 0.5) is 5.69 Å². The summed E-state index contributed by atoms with van der Waals surface area (Å²) in [5.41, 5.74) is 1.79. The van der Waals surface area contributed by atoms with Gasteiger partial charge in [0.05, 0.1) is 10.6 Å². The molecule has 1 aliphatic rings. The smallest absolute Gasteiger partial charge is 0.264 e. The van der Waals surface area contributed by atoms with Gasteiger partial charge in [-0.15, -0.1) is 0 Å². The summed E-state index contributed by atoms with van der Waals surface area (Å²) in [6.45, 7) is 0.382. The minimum Gasteiger partial charge on any atom is -0.484 e. The first-order valence-corrected chi connectivity index (χ1v) is 9.87. The molecule has 0 N–H and O–H groups in total. The van der Waals surface area contributed by atoms with Crippen LogP contribution < -0.4 is 9.04 Å². The maximum atomic E-state index is 13.0. The van der Waals surface area contributed by atoms with Crippen LogP contribution in [0.2, 0.25) is 0 Å². The number of aryl methyl sites for hydroxylation is 1. The monoisotopic (exact) mass is 374 g/mol. The second-order valence-electron chi connectivity index (χ2n) is 6.36. The highest BCUT2D eigenvalue weighted by atomic mass is 32.2. The number of para-hydroxylation sites is 1. The molecule has 1 aliphatic heterocycles. The lowest BCUT2D eigenvalue weighted by atomic mass is 10.0. The number of hydrogen-bond acceptors (Lipinski definition) is 4. The molecule has 7 heteroatoms. The highest BCUT2D eigenvalue weighted by molar-refractivity contribution is 7.92. The number of carbonyl (C=O) groups excluding carboxylic acids is 1. The van der Waals surface area contributed by atoms with Crippen molar-refractivity contribution in [2.45, 2.75) is 17.7 Å². The Morgan fingerprint density at radius 1 is 1.12 bits per heavy atom. The van der Waals surface area contributed by atoms with Gasteiger partial charge in [-0.1, -0.05) is 18.2 Å². The average Bonchev–Trinajstić information content (AvgIpc) is 2.65. The van der Waals surface area contributed by atoms with Crippen LogP contribution in [0.15, 0.2) is 53.4 Å². The molecule has 6 nitrogen and oxygen atoms in total. The van der Waals surface area contributed by atoms with Crippen LogP contribution in [0.5, 0.6) is 5.75 Å². The van der Waals surface area contributed by atoms with Crippen molar-refractivity contribution >= 4 is 21.6 Å². The van der Waals surface area contributed by atoms with E-state index in [0.717, 1.165) is 24.1 Å². The molecule has 2 aromatic carbocycles. The molecule has 0 saturated carbocycles. The quantitative estimate of drug-likeness (QED) is 0.805. The Kier molecular flexibility index (Phi) is 5.18. The Labute approximate surface area is 154 Å². The van der Waals surface area contributed by atoms with E-state index in [1.54, 1.807) is 26.2 Å². The summed E-state index contributed by atoms with van der Waals surface area (Å²) in [6, 6.07) is 13.8. The van der Waals surface area contributed by atoms with E-state index in [1.807, 2.05) is 24.3 Å². The average molecular weight is 374 g/mol. The highest BCUT2D eigenvalue weighted by Gasteiger charge is 2.28. The van der Waals surface area contributed by atoms with Crippen molar-refractivity contribution < 1.29 is 17.9 Å². The largest absolute Gasteiger partial charge is 0.484 e. The summed E-state index contributed by atoms with van der Waals surface area (Å²) in [7, 11) is -0.333. The Morgan fingerprint density at radius 3 is 2.50 bits per heavy atom. The molecule has 26 heavy (non-hydrogen) atoms. The van der Waals surface area contributed by atoms with Crippen LogP contribution >= 0.6 is 0 Å². The first-order chi connectivity index (χ1) is 12.4. The fourth-order valence-corrected chi connectivity index (χ4v) is 4.40. The number of ether oxygens (including phenoxy) is 1. The summed E-state index contributed by atoms with van der Waals surface area (Å²) in [5.74, 6) is 0.296. The van der Waals surface area contributed by atoms with Gasteiger partial charge in [0.1, 0.15) is 5.75 Å². The zero-order valence-corrected chi connectivity index (χ0v) is 15.7. The molecule has 0 aliphatic carbocycles. The van der Waals surface area contributed by atoms with Gasteiger partial charge in [-0.2, -0.15) is 0 Å². The number of fused-ring (bicyclic) bond motifs is 1. The number of carbonyl (C=O) groups is 1. The number of amides is 1. The molecule has 0 saturated heterocycles. The van der Waals surface area contributed by atoms with Crippen molar-refractivity contribution in [3.05, 3.63) is 54.1 Å². The van der Waals surface area contributed by atoms with Gasteiger partial charge in [0, 0.05) is 20.6 Å². The lowest BCUT2D eigenvalue weighted by molar-refractivity contribution is -0.130. The van der Waals surface area contributed by atoms with E-state index in [9.17, 15) is 13.2 Å². The highest BCUT2D eigenvalue weighted by Crippen LogP contribution is 2.32. The number of nitrogens with zero attached hydrogens (tertiary/aromatic N) is 2. The molecule has 1 heterocycles. The Hall–Kier alpha value is -2.54. The van der Waals surface area contributed by atoms with Crippen LogP contribution in [0.3, 0.4) is 0 Å². The number of hydrogen-bond donors (Lipinski definition) is 0. The fraction of sp³-hybridized carbons (Fsp3) is 0.316. The molecule has 0 spiro atoms. The molecule has 0 unspecified atom stereocenters. The van der Waals surface area contributed by atoms with Crippen molar-refractivity contribution in [3.63, 3.8) is 0 Å². The third-order valence-electron chi connectivity index (χ3n) is 4.34. The molecule has 2 aromatic rings. The van der Waals surface area contributed by atoms with Crippen LogP contribution in [0, 0.1) is 0 Å². The van der Waals surface area contributed by atoms with Crippen molar-refractivity contribution in [2.75, 3.05) is 31.6 Å². The van der Waals surface area contributed by atoms with Crippen LogP contribution in [-0.4, -0.2) is 46.5 Å². The van der Waals surface area contributed by atoms with Gasteiger partial charge >= 0.3 is 0 Å². The van der Waals surface area contributed by atoms with Gasteiger partial charge in [0.25, 0.3) is 15.9 Å². The van der Waals surface area contributed by atoms with Crippen LogP contribution in [-0.2, 0) is 21.2 Å². The van der Waals surface area contributed by atoms with E-state index in [2.05, 4.69) is 0 Å². The molecular formula is C19H22N2O4S. The maximum Gasteiger partial charge on any atom is 0.264 e. The minimum atomic E-state index is -3.63. The molecule has 0 radical (unpaired) electrons. The normalized spacial score (nSPS) is 13.8. The number of benzene rings is 2. The fourth-order valence-electron chi connectivity index (χ4n) is 2.86. The van der Waals surface area contributed by atoms with Gasteiger partial charge in [-0.25, -0.2) is 8.42 Å². The van der Waals surface area contributed by atoms with E-state index >= 15 is 0 Å². The molecule has 0 atom stereocenters. The number of sulfonamides is 1. The number of likely N-dealkylation sites (N-methyl/N-ethyl adjacent to an activating group) is 1. The SMILES string of the molecule is CN(C)C(=O)COc1ccc(S(=O)(=O)N2CCCc3ccccc32)cc1. The standard InChI is InChI=1S/C19H22N2O4S/c1-20(2)19(22)14-25-16-9-11-17(12-10-16)26(23,24)21-13-5-7-15-6-3-4-8-18(15)21/h3-4,6,8-12H,5,7,13-14H2,1-2H3. The first-order valence-electron chi connectivity index (χ1n) is 8.43. The Bertz CT molecular complexity index is 892. The van der Waals surface area contributed by atoms with Gasteiger partial charge in [-0.05, 0) is 48.7 Å². The van der Waals surface area contributed by atoms with E-state index in [1.165, 1.54) is 21.3 Å². The van der Waals surface area contributed by atoms with Gasteiger partial charge < -0.3 is 9.64 Å². The van der Waals surface area contributed by atoms with Crippen molar-refractivity contribution in [2.24, 2.45) is 0 Å². The first kappa shape index (κ1) is 18.3. The van der Waals surface area contributed by atoms with E-state index in [0.29, 0.717) is 12.3 Å². The van der Waals surface area contributed by atoms with E-state index < -0.39 is 10.0 Å². The summed E-state index contributed by atoms with van der Waals surface area (Å²) >= 11 is 0. The molecule has 138 valence electrons. The van der Waals surface area contributed by atoms with Gasteiger partial charge in [-0.3, -0.25) is 9.10 Å². The molecule has 3 rings (SSSR count). The lowest BCUT2D eigenvalue weighted by Gasteiger charge is -2.30. The van der Waals surface area contributed by atoms with E-state index in [4.69, 9.17) is 4.74 Å². The van der Waals surface area contributed by atoms with Gasteiger partial charge in [0.2, 0.25) is 0 Å². The second kappa shape index (κ2) is 7.37. The van der Waals surface area contributed by atoms with Crippen LogP contribution in [0.25, 0.3) is 0 Å². The zero-order chi connectivity index (χ0) is 18.7. The Balaban J connectivity index is 1.80. The molecule has 1 amide bonds. The van der Waals surface area contributed by atoms with E-state index in [-0.39, 0.29) is 17.4 Å². The third kappa shape index (κ3) is 3.67. The van der Waals surface area contributed by atoms with Crippen LogP contribution in [0.1, 0.15) is 12.0 Å². The van der Waals surface area contributed by atoms with Crippen molar-refractivity contribution in [1.29, 1.82) is 0 Å². The molecule has 0 bridgehead atoms. The van der Waals surface area contributed by atoms with Crippen molar-refractivity contribution in [1.82, 2.24) is 4.90 Å². The maximum absolute atomic E-state index is 13.0. The summed E-state index contributed by atoms with van der Waals surface area (Å²) in [5, 5.41) is 0. The third-order valence-corrected chi connectivity index (χ3v) is 6.17. The molecular weight excluding hydrogens is 352 g/mol. The Morgan fingerprint density at radius 2 is 1.81 bits per heavy atom. The van der Waals surface area contributed by atoms with Gasteiger partial charge in [0.15, 0.2) is 6.61 Å². The lowest BCUT2D eigenvalue weighted by Crippen LogP contribution is -2.35. The predicted molar refractivity (Wildman–Crippen MR) is 99.9 cm³/mol. The van der Waals surface area contributed by atoms with Crippen molar-refractivity contribution in [3.8, 4) is 5.75 Å². The summed E-state index contributed by atoms with van der Waals surface area (Å²) in [4.78, 5) is 13.2. The zero-order valence-electron chi connectivity index (χ0n) is 14.9. The summed E-state index contributed by atoms with van der Waals surface area (Å²) < 4.78 is 33.0. The topological polar surface area (TPSA) is 66.9 Å². The second-order valence-corrected chi connectivity index (χ2v) is 8.22. The predicted octanol–water partition coefficient (Wildman–Crippen LogP) is 2.30. The number of anilines is 1. The number of rotatable bonds is 5. The molecule has 0 fully saturated rings. The molecule has 0 aromatic heterocycles.